The van der Waals surface area contributed by atoms with E-state index in [9.17, 15) is 18.4 Å². The van der Waals surface area contributed by atoms with E-state index in [4.69, 9.17) is 5.73 Å². The third-order valence-electron chi connectivity index (χ3n) is 4.55. The number of benzene rings is 2. The van der Waals surface area contributed by atoms with Crippen molar-refractivity contribution in [2.75, 3.05) is 5.73 Å². The number of aromatic nitrogens is 2. The molecule has 29 heavy (non-hydrogen) atoms. The van der Waals surface area contributed by atoms with E-state index in [1.807, 2.05) is 18.2 Å². The third-order valence-corrected chi connectivity index (χ3v) is 4.55. The summed E-state index contributed by atoms with van der Waals surface area (Å²) < 4.78 is 40.2. The van der Waals surface area contributed by atoms with Crippen LogP contribution in [0.25, 0.3) is 16.9 Å². The Morgan fingerprint density at radius 1 is 0.931 bits per heavy atom. The highest BCUT2D eigenvalue weighted by molar-refractivity contribution is 6.12. The standard InChI is InChI=1S/C21H15F3N4O/c22-21(23,24)16-9-6-14(7-10-16)19-20(25)26-17-11-8-15(12-28(17)19)18(27-29)13-4-2-1-3-5-13/h1-12,29H,25H2. The molecule has 3 N–H and O–H groups in total. The molecule has 0 unspecified atom stereocenters. The van der Waals surface area contributed by atoms with E-state index in [2.05, 4.69) is 10.1 Å². The molecule has 4 rings (SSSR count). The highest BCUT2D eigenvalue weighted by Crippen LogP contribution is 2.33. The van der Waals surface area contributed by atoms with E-state index in [1.165, 1.54) is 12.1 Å². The van der Waals surface area contributed by atoms with Crippen LogP contribution < -0.4 is 5.73 Å². The van der Waals surface area contributed by atoms with Crippen LogP contribution in [0.1, 0.15) is 16.7 Å². The lowest BCUT2D eigenvalue weighted by molar-refractivity contribution is -0.137. The average Bonchev–Trinajstić information content (AvgIpc) is 3.04. The molecular formula is C21H15F3N4O. The van der Waals surface area contributed by atoms with E-state index in [0.29, 0.717) is 33.7 Å². The zero-order valence-corrected chi connectivity index (χ0v) is 14.9. The lowest BCUT2D eigenvalue weighted by Crippen LogP contribution is -2.05. The second kappa shape index (κ2) is 6.97. The number of imidazole rings is 1. The summed E-state index contributed by atoms with van der Waals surface area (Å²) in [5.41, 5.74) is 8.42. The first-order chi connectivity index (χ1) is 13.9. The van der Waals surface area contributed by atoms with Crippen molar-refractivity contribution in [1.82, 2.24) is 9.38 Å². The van der Waals surface area contributed by atoms with Gasteiger partial charge in [0.1, 0.15) is 11.4 Å². The Kier molecular flexibility index (Phi) is 4.46. The summed E-state index contributed by atoms with van der Waals surface area (Å²) in [5, 5.41) is 12.9. The number of oxime groups is 1. The van der Waals surface area contributed by atoms with Gasteiger partial charge in [-0.15, -0.1) is 0 Å². The van der Waals surface area contributed by atoms with E-state index in [0.717, 1.165) is 12.1 Å². The molecule has 0 spiro atoms. The molecule has 0 radical (unpaired) electrons. The fourth-order valence-electron chi connectivity index (χ4n) is 3.19. The molecule has 4 aromatic rings. The highest BCUT2D eigenvalue weighted by Gasteiger charge is 2.30. The number of nitrogen functional groups attached to an aromatic ring is 1. The number of fused-ring (bicyclic) bond motifs is 1. The van der Waals surface area contributed by atoms with Crippen molar-refractivity contribution in [3.8, 4) is 11.3 Å². The molecule has 0 aliphatic rings. The first-order valence-electron chi connectivity index (χ1n) is 8.61. The molecule has 2 aromatic heterocycles. The minimum atomic E-state index is -4.42. The summed E-state index contributed by atoms with van der Waals surface area (Å²) in [5.74, 6) is 0.184. The third kappa shape index (κ3) is 3.40. The number of nitrogens with zero attached hydrogens (tertiary/aromatic N) is 3. The summed E-state index contributed by atoms with van der Waals surface area (Å²) in [6, 6.07) is 17.3. The first-order valence-corrected chi connectivity index (χ1v) is 8.61. The van der Waals surface area contributed by atoms with E-state index < -0.39 is 11.7 Å². The smallest absolute Gasteiger partial charge is 0.410 e. The quantitative estimate of drug-likeness (QED) is 0.296. The number of hydrogen-bond acceptors (Lipinski definition) is 4. The second-order valence-corrected chi connectivity index (χ2v) is 6.38. The number of pyridine rings is 1. The predicted molar refractivity (Wildman–Crippen MR) is 104 cm³/mol. The Labute approximate surface area is 163 Å². The fraction of sp³-hybridized carbons (Fsp3) is 0.0476. The Hall–Kier alpha value is -3.81. The van der Waals surface area contributed by atoms with Gasteiger partial charge in [-0.1, -0.05) is 47.6 Å². The molecule has 146 valence electrons. The van der Waals surface area contributed by atoms with Crippen molar-refractivity contribution in [3.05, 3.63) is 89.6 Å². The molecule has 0 bridgehead atoms. The average molecular weight is 396 g/mol. The van der Waals surface area contributed by atoms with E-state index in [-0.39, 0.29) is 5.82 Å². The lowest BCUT2D eigenvalue weighted by Gasteiger charge is -2.09. The minimum absolute atomic E-state index is 0.184. The molecule has 0 aliphatic carbocycles. The summed E-state index contributed by atoms with van der Waals surface area (Å²) in [7, 11) is 0. The molecule has 0 saturated carbocycles. The molecule has 0 amide bonds. The van der Waals surface area contributed by atoms with Crippen LogP contribution in [-0.2, 0) is 6.18 Å². The topological polar surface area (TPSA) is 75.9 Å². The van der Waals surface area contributed by atoms with Crippen LogP contribution in [0.2, 0.25) is 0 Å². The van der Waals surface area contributed by atoms with Crippen LogP contribution >= 0.6 is 0 Å². The van der Waals surface area contributed by atoms with Crippen molar-refractivity contribution < 1.29 is 18.4 Å². The van der Waals surface area contributed by atoms with Gasteiger partial charge in [0, 0.05) is 22.9 Å². The lowest BCUT2D eigenvalue weighted by atomic mass is 10.0. The highest BCUT2D eigenvalue weighted by atomic mass is 19.4. The van der Waals surface area contributed by atoms with Gasteiger partial charge in [0.15, 0.2) is 5.82 Å². The molecule has 8 heteroatoms. The number of nitrogens with two attached hydrogens (primary N) is 1. The van der Waals surface area contributed by atoms with Crippen LogP contribution in [0.4, 0.5) is 19.0 Å². The molecule has 2 heterocycles. The summed E-state index contributed by atoms with van der Waals surface area (Å²) >= 11 is 0. The molecule has 0 fully saturated rings. The van der Waals surface area contributed by atoms with Gasteiger partial charge in [-0.25, -0.2) is 4.98 Å². The molecular weight excluding hydrogens is 381 g/mol. The van der Waals surface area contributed by atoms with Crippen LogP contribution in [0.5, 0.6) is 0 Å². The van der Waals surface area contributed by atoms with Gasteiger partial charge in [0.2, 0.25) is 0 Å². The van der Waals surface area contributed by atoms with Gasteiger partial charge < -0.3 is 10.9 Å². The largest absolute Gasteiger partial charge is 0.416 e. The minimum Gasteiger partial charge on any atom is -0.410 e. The van der Waals surface area contributed by atoms with Gasteiger partial charge in [0.25, 0.3) is 0 Å². The number of rotatable bonds is 3. The monoisotopic (exact) mass is 396 g/mol. The number of anilines is 1. The normalized spacial score (nSPS) is 12.4. The number of alkyl halides is 3. The van der Waals surface area contributed by atoms with Crippen LogP contribution in [-0.4, -0.2) is 20.3 Å². The van der Waals surface area contributed by atoms with Crippen LogP contribution in [0.3, 0.4) is 0 Å². The van der Waals surface area contributed by atoms with Crippen molar-refractivity contribution in [2.24, 2.45) is 5.16 Å². The van der Waals surface area contributed by atoms with Crippen LogP contribution in [0, 0.1) is 0 Å². The first kappa shape index (κ1) is 18.5. The van der Waals surface area contributed by atoms with Crippen molar-refractivity contribution in [2.45, 2.75) is 6.18 Å². The van der Waals surface area contributed by atoms with Gasteiger partial charge in [-0.2, -0.15) is 13.2 Å². The SMILES string of the molecule is Nc1nc2ccc(C(=NO)c3ccccc3)cn2c1-c1ccc(C(F)(F)F)cc1. The Balaban J connectivity index is 1.84. The molecule has 0 atom stereocenters. The fourth-order valence-corrected chi connectivity index (χ4v) is 3.19. The second-order valence-electron chi connectivity index (χ2n) is 6.38. The van der Waals surface area contributed by atoms with E-state index in [1.54, 1.807) is 34.9 Å². The number of halogens is 3. The Morgan fingerprint density at radius 3 is 2.24 bits per heavy atom. The summed E-state index contributed by atoms with van der Waals surface area (Å²) in [4.78, 5) is 4.28. The maximum Gasteiger partial charge on any atom is 0.416 e. The number of hydrogen-bond donors (Lipinski definition) is 2. The van der Waals surface area contributed by atoms with Crippen molar-refractivity contribution in [1.29, 1.82) is 0 Å². The molecule has 2 aromatic carbocycles. The van der Waals surface area contributed by atoms with Crippen LogP contribution in [0.15, 0.2) is 78.1 Å². The van der Waals surface area contributed by atoms with Gasteiger partial charge in [-0.3, -0.25) is 4.40 Å². The van der Waals surface area contributed by atoms with Gasteiger partial charge in [-0.05, 0) is 24.3 Å². The van der Waals surface area contributed by atoms with Crippen molar-refractivity contribution in [3.63, 3.8) is 0 Å². The predicted octanol–water partition coefficient (Wildman–Crippen LogP) is 4.83. The summed E-state index contributed by atoms with van der Waals surface area (Å²) in [6.45, 7) is 0. The zero-order chi connectivity index (χ0) is 20.6. The Morgan fingerprint density at radius 2 is 1.62 bits per heavy atom. The zero-order valence-electron chi connectivity index (χ0n) is 14.9. The molecule has 0 saturated heterocycles. The van der Waals surface area contributed by atoms with Crippen molar-refractivity contribution >= 4 is 17.2 Å². The molecule has 0 aliphatic heterocycles. The van der Waals surface area contributed by atoms with E-state index >= 15 is 0 Å². The molecule has 5 nitrogen and oxygen atoms in total. The maximum atomic E-state index is 12.9. The van der Waals surface area contributed by atoms with Gasteiger partial charge in [0.05, 0.1) is 11.3 Å². The Bertz CT molecular complexity index is 1200. The van der Waals surface area contributed by atoms with Gasteiger partial charge >= 0.3 is 6.18 Å². The summed E-state index contributed by atoms with van der Waals surface area (Å²) in [6.07, 6.45) is -2.73. The maximum absolute atomic E-state index is 12.9.